The smallest absolute Gasteiger partial charge is 0.292 e. The Morgan fingerprint density at radius 3 is 2.23 bits per heavy atom. The van der Waals surface area contributed by atoms with Crippen molar-refractivity contribution >= 4 is 32.7 Å². The first-order chi connectivity index (χ1) is 17.6. The van der Waals surface area contributed by atoms with Crippen LogP contribution in [0.3, 0.4) is 0 Å². The highest BCUT2D eigenvalue weighted by molar-refractivity contribution is 7.90. The van der Waals surface area contributed by atoms with Crippen LogP contribution >= 0.6 is 0 Å². The number of hydrogen-bond acceptors (Lipinski definition) is 10. The van der Waals surface area contributed by atoms with Gasteiger partial charge in [-0.15, -0.1) is 5.10 Å². The minimum atomic E-state index is -4.15. The number of carbonyl (C=O) groups excluding carboxylic acids is 1. The number of nitrogens with zero attached hydrogens (tertiary/aromatic N) is 3. The van der Waals surface area contributed by atoms with E-state index in [4.69, 9.17) is 23.5 Å². The molecule has 0 aliphatic carbocycles. The Bertz CT molecular complexity index is 1220. The highest BCUT2D eigenvalue weighted by Gasteiger charge is 2.67. The highest BCUT2D eigenvalue weighted by Crippen LogP contribution is 2.52. The van der Waals surface area contributed by atoms with Crippen molar-refractivity contribution in [1.82, 2.24) is 20.3 Å². The summed E-state index contributed by atoms with van der Waals surface area (Å²) in [5.41, 5.74) is 4.85. The number of nitrogens with two attached hydrogens (primary N) is 1. The molecular weight excluding hydrogens is 559 g/mol. The van der Waals surface area contributed by atoms with E-state index in [9.17, 15) is 13.2 Å². The molecule has 0 bridgehead atoms. The van der Waals surface area contributed by atoms with Crippen molar-refractivity contribution in [1.29, 1.82) is 0 Å². The maximum absolute atomic E-state index is 12.9. The predicted molar refractivity (Wildman–Crippen MR) is 152 cm³/mol. The van der Waals surface area contributed by atoms with Crippen LogP contribution in [0.2, 0.25) is 36.3 Å². The molecule has 15 heteroatoms. The molecule has 0 aromatic carbocycles. The molecule has 0 saturated carbocycles. The van der Waals surface area contributed by atoms with Gasteiger partial charge in [0.25, 0.3) is 16.0 Å². The van der Waals surface area contributed by atoms with Crippen LogP contribution < -0.4 is 11.1 Å². The minimum Gasteiger partial charge on any atom is -0.414 e. The standard InChI is InChI=1S/C24H45N5O7SSi2/c1-12-26-20(30)16-13-27-28-29(16)21-19(35-39(10,11)23(5,6)7)24(17(25)15-37(31,32)36-24)18(34-21)14-33-38(8,9)22(2,3)4/h13,15,18-19,21H,12,14,25H2,1-11H3,(H,26,30)/t18?,19-,21+,24?/m0/s1. The van der Waals surface area contributed by atoms with E-state index in [2.05, 4.69) is 70.3 Å². The molecule has 222 valence electrons. The number of carbonyl (C=O) groups is 1. The van der Waals surface area contributed by atoms with E-state index >= 15 is 0 Å². The lowest BCUT2D eigenvalue weighted by atomic mass is 9.89. The third kappa shape index (κ3) is 5.90. The number of ether oxygens (including phenoxy) is 1. The van der Waals surface area contributed by atoms with Crippen LogP contribution in [-0.2, 0) is 27.9 Å². The van der Waals surface area contributed by atoms with Crippen molar-refractivity contribution in [3.8, 4) is 0 Å². The molecule has 1 saturated heterocycles. The Balaban J connectivity index is 2.20. The molecule has 39 heavy (non-hydrogen) atoms. The third-order valence-electron chi connectivity index (χ3n) is 8.46. The van der Waals surface area contributed by atoms with Gasteiger partial charge in [0.1, 0.15) is 17.9 Å². The second-order valence-corrected chi connectivity index (χ2v) is 24.2. The van der Waals surface area contributed by atoms with Crippen molar-refractivity contribution in [3.05, 3.63) is 23.0 Å². The zero-order valence-electron chi connectivity index (χ0n) is 25.0. The number of rotatable bonds is 8. The fraction of sp³-hybridized carbons (Fsp3) is 0.792. The molecule has 3 rings (SSSR count). The van der Waals surface area contributed by atoms with Crippen molar-refractivity contribution in [2.24, 2.45) is 5.73 Å². The molecule has 1 aromatic heterocycles. The van der Waals surface area contributed by atoms with Crippen LogP contribution in [0.1, 0.15) is 65.2 Å². The van der Waals surface area contributed by atoms with Gasteiger partial charge in [0.15, 0.2) is 28.5 Å². The maximum atomic E-state index is 12.9. The Hall–Kier alpha value is -1.63. The van der Waals surface area contributed by atoms with Gasteiger partial charge in [-0.3, -0.25) is 4.79 Å². The van der Waals surface area contributed by atoms with E-state index in [0.717, 1.165) is 5.41 Å². The van der Waals surface area contributed by atoms with Crippen molar-refractivity contribution in [2.45, 2.75) is 109 Å². The Kier molecular flexibility index (Phi) is 8.45. The van der Waals surface area contributed by atoms with Crippen molar-refractivity contribution in [3.63, 3.8) is 0 Å². The van der Waals surface area contributed by atoms with E-state index < -0.39 is 56.7 Å². The Morgan fingerprint density at radius 2 is 1.74 bits per heavy atom. The first-order valence-electron chi connectivity index (χ1n) is 13.2. The summed E-state index contributed by atoms with van der Waals surface area (Å²) in [5, 5.41) is 11.4. The summed E-state index contributed by atoms with van der Waals surface area (Å²) < 4.78 is 52.7. The number of nitrogens with one attached hydrogen (secondary N) is 1. The van der Waals surface area contributed by atoms with Crippen molar-refractivity contribution in [2.75, 3.05) is 13.2 Å². The maximum Gasteiger partial charge on any atom is 0.292 e. The second-order valence-electron chi connectivity index (χ2n) is 13.3. The molecule has 0 radical (unpaired) electrons. The molecule has 1 spiro atoms. The van der Waals surface area contributed by atoms with E-state index in [1.54, 1.807) is 6.92 Å². The average molecular weight is 604 g/mol. The zero-order valence-corrected chi connectivity index (χ0v) is 27.8. The van der Waals surface area contributed by atoms with Crippen LogP contribution in [0.15, 0.2) is 17.3 Å². The molecule has 2 aliphatic rings. The molecule has 3 N–H and O–H groups in total. The summed E-state index contributed by atoms with van der Waals surface area (Å²) >= 11 is 0. The van der Waals surface area contributed by atoms with Gasteiger partial charge in [-0.2, -0.15) is 8.42 Å². The molecule has 1 fully saturated rings. The molecule has 2 unspecified atom stereocenters. The quantitative estimate of drug-likeness (QED) is 0.334. The second kappa shape index (κ2) is 10.3. The summed E-state index contributed by atoms with van der Waals surface area (Å²) in [6.07, 6.45) is -1.80. The van der Waals surface area contributed by atoms with Gasteiger partial charge in [0, 0.05) is 6.54 Å². The molecule has 4 atom stereocenters. The fourth-order valence-corrected chi connectivity index (χ4v) is 7.54. The number of amides is 1. The van der Waals surface area contributed by atoms with Gasteiger partial charge < -0.3 is 24.6 Å². The van der Waals surface area contributed by atoms with Crippen LogP contribution in [0, 0.1) is 0 Å². The molecule has 12 nitrogen and oxygen atoms in total. The lowest BCUT2D eigenvalue weighted by molar-refractivity contribution is -0.0601. The lowest BCUT2D eigenvalue weighted by Crippen LogP contribution is -2.59. The molecule has 2 aliphatic heterocycles. The molecule has 1 aromatic rings. The summed E-state index contributed by atoms with van der Waals surface area (Å²) in [4.78, 5) is 12.9. The lowest BCUT2D eigenvalue weighted by Gasteiger charge is -2.43. The van der Waals surface area contributed by atoms with E-state index in [1.165, 1.54) is 10.9 Å². The Morgan fingerprint density at radius 1 is 1.15 bits per heavy atom. The van der Waals surface area contributed by atoms with Crippen LogP contribution in [0.5, 0.6) is 0 Å². The zero-order chi connectivity index (χ0) is 29.8. The first kappa shape index (κ1) is 31.9. The highest BCUT2D eigenvalue weighted by atomic mass is 32.2. The van der Waals surface area contributed by atoms with Gasteiger partial charge in [-0.05, 0) is 43.2 Å². The summed E-state index contributed by atoms with van der Waals surface area (Å²) in [6.45, 7) is 23.0. The fourth-order valence-electron chi connectivity index (χ4n) is 4.03. The van der Waals surface area contributed by atoms with Crippen molar-refractivity contribution < 1.29 is 31.0 Å². The summed E-state index contributed by atoms with van der Waals surface area (Å²) in [6, 6.07) is 0. The average Bonchev–Trinajstić information content (AvgIpc) is 3.41. The van der Waals surface area contributed by atoms with Gasteiger partial charge in [0.05, 0.1) is 23.9 Å². The van der Waals surface area contributed by atoms with E-state index in [1.807, 2.05) is 13.1 Å². The monoisotopic (exact) mass is 603 g/mol. The van der Waals surface area contributed by atoms with Crippen LogP contribution in [0.25, 0.3) is 0 Å². The van der Waals surface area contributed by atoms with Crippen LogP contribution in [0.4, 0.5) is 0 Å². The van der Waals surface area contributed by atoms with Crippen LogP contribution in [-0.4, -0.2) is 76.9 Å². The van der Waals surface area contributed by atoms with Gasteiger partial charge in [0.2, 0.25) is 0 Å². The third-order valence-corrected chi connectivity index (χ3v) is 18.5. The predicted octanol–water partition coefficient (Wildman–Crippen LogP) is 3.24. The first-order valence-corrected chi connectivity index (χ1v) is 20.5. The van der Waals surface area contributed by atoms with Gasteiger partial charge >= 0.3 is 0 Å². The largest absolute Gasteiger partial charge is 0.414 e. The number of aromatic nitrogens is 3. The van der Waals surface area contributed by atoms with Gasteiger partial charge in [-0.25, -0.2) is 8.86 Å². The van der Waals surface area contributed by atoms with E-state index in [-0.39, 0.29) is 28.1 Å². The number of hydrogen-bond donors (Lipinski definition) is 2. The Labute approximate surface area is 234 Å². The molecular formula is C24H45N5O7SSi2. The molecule has 1 amide bonds. The summed E-state index contributed by atoms with van der Waals surface area (Å²) in [7, 11) is -9.06. The minimum absolute atomic E-state index is 0.000396. The molecule has 3 heterocycles. The summed E-state index contributed by atoms with van der Waals surface area (Å²) in [5.74, 6) is -0.407. The normalized spacial score (nSPS) is 27.7. The van der Waals surface area contributed by atoms with Gasteiger partial charge in [-0.1, -0.05) is 46.8 Å². The SMILES string of the molecule is CCNC(=O)c1cnnn1[C@@H]1OC(CO[Si](C)(C)C(C)(C)C)C2(OS(=O)(=O)C=C2N)[C@H]1O[Si](C)(C)C(C)(C)C. The topological polar surface area (TPSA) is 157 Å². The van der Waals surface area contributed by atoms with E-state index in [0.29, 0.717) is 6.54 Å².